The van der Waals surface area contributed by atoms with Crippen molar-refractivity contribution in [3.8, 4) is 0 Å². The molecule has 0 aliphatic rings. The fourth-order valence-corrected chi connectivity index (χ4v) is 2.49. The second kappa shape index (κ2) is 6.38. The lowest BCUT2D eigenvalue weighted by Gasteiger charge is -2.05. The number of nitrogens with zero attached hydrogens (tertiary/aromatic N) is 3. The van der Waals surface area contributed by atoms with Crippen molar-refractivity contribution in [2.24, 2.45) is 7.05 Å². The van der Waals surface area contributed by atoms with E-state index in [2.05, 4.69) is 38.1 Å². The molecule has 2 aromatic rings. The van der Waals surface area contributed by atoms with Crippen LogP contribution in [0, 0.1) is 10.5 Å². The average molecular weight is 388 g/mol. The molecule has 0 unspecified atom stereocenters. The molecule has 1 heterocycles. The van der Waals surface area contributed by atoms with Crippen molar-refractivity contribution in [2.45, 2.75) is 12.1 Å². The molecule has 2 rings (SSSR count). The largest absolute Gasteiger partial charge is 0.325 e. The van der Waals surface area contributed by atoms with Gasteiger partial charge in [-0.3, -0.25) is 4.79 Å². The third kappa shape index (κ3) is 3.93. The molecular weight excluding hydrogens is 375 g/mol. The molecule has 5 nitrogen and oxygen atoms in total. The molecule has 0 radical (unpaired) electrons. The fraction of sp³-hybridized carbons (Fsp3) is 0.250. The summed E-state index contributed by atoms with van der Waals surface area (Å²) >= 11 is 3.60. The van der Waals surface area contributed by atoms with Gasteiger partial charge in [-0.15, -0.1) is 10.2 Å². The number of hydrogen-bond donors (Lipinski definition) is 1. The van der Waals surface area contributed by atoms with Gasteiger partial charge in [-0.1, -0.05) is 11.8 Å². The number of nitrogens with one attached hydrogen (secondary N) is 1. The molecule has 1 aromatic heterocycles. The molecule has 0 saturated carbocycles. The second-order valence-electron chi connectivity index (χ2n) is 3.93. The van der Waals surface area contributed by atoms with Crippen LogP contribution in [0.1, 0.15) is 5.82 Å². The summed E-state index contributed by atoms with van der Waals surface area (Å²) in [5.74, 6) is 1.10. The smallest absolute Gasteiger partial charge is 0.234 e. The van der Waals surface area contributed by atoms with Gasteiger partial charge in [0.05, 0.1) is 5.75 Å². The summed E-state index contributed by atoms with van der Waals surface area (Å²) in [6, 6.07) is 7.68. The SMILES string of the molecule is Cc1nnc(SCC(=O)Nc2ccc(I)cc2)n1C. The highest BCUT2D eigenvalue weighted by Crippen LogP contribution is 2.16. The monoisotopic (exact) mass is 388 g/mol. The number of aryl methyl sites for hydroxylation is 1. The van der Waals surface area contributed by atoms with Crippen LogP contribution in [0.3, 0.4) is 0 Å². The molecule has 0 aliphatic heterocycles. The summed E-state index contributed by atoms with van der Waals surface area (Å²) in [5, 5.41) is 11.5. The molecule has 0 bridgehead atoms. The molecule has 1 amide bonds. The molecule has 1 aromatic carbocycles. The van der Waals surface area contributed by atoms with Gasteiger partial charge in [-0.25, -0.2) is 0 Å². The zero-order valence-electron chi connectivity index (χ0n) is 10.6. The van der Waals surface area contributed by atoms with E-state index in [1.54, 1.807) is 0 Å². The van der Waals surface area contributed by atoms with E-state index < -0.39 is 0 Å². The highest BCUT2D eigenvalue weighted by molar-refractivity contribution is 14.1. The van der Waals surface area contributed by atoms with Crippen LogP contribution in [-0.2, 0) is 11.8 Å². The number of carbonyl (C=O) groups excluding carboxylic acids is 1. The quantitative estimate of drug-likeness (QED) is 0.646. The summed E-state index contributed by atoms with van der Waals surface area (Å²) in [5.41, 5.74) is 0.806. The maximum Gasteiger partial charge on any atom is 0.234 e. The molecule has 19 heavy (non-hydrogen) atoms. The normalized spacial score (nSPS) is 10.5. The number of rotatable bonds is 4. The first-order valence-corrected chi connectivity index (χ1v) is 7.67. The zero-order chi connectivity index (χ0) is 13.8. The van der Waals surface area contributed by atoms with Crippen LogP contribution in [0.4, 0.5) is 5.69 Å². The van der Waals surface area contributed by atoms with E-state index in [4.69, 9.17) is 0 Å². The molecule has 0 atom stereocenters. The van der Waals surface area contributed by atoms with Crippen LogP contribution >= 0.6 is 34.4 Å². The van der Waals surface area contributed by atoms with Crippen molar-refractivity contribution in [3.05, 3.63) is 33.7 Å². The summed E-state index contributed by atoms with van der Waals surface area (Å²) in [4.78, 5) is 11.8. The highest BCUT2D eigenvalue weighted by atomic mass is 127. The molecule has 100 valence electrons. The summed E-state index contributed by atoms with van der Waals surface area (Å²) < 4.78 is 3.00. The van der Waals surface area contributed by atoms with Crippen LogP contribution in [0.5, 0.6) is 0 Å². The van der Waals surface area contributed by atoms with Gasteiger partial charge in [0.15, 0.2) is 5.16 Å². The lowest BCUT2D eigenvalue weighted by atomic mass is 10.3. The van der Waals surface area contributed by atoms with Crippen LogP contribution < -0.4 is 5.32 Å². The van der Waals surface area contributed by atoms with Crippen molar-refractivity contribution in [3.63, 3.8) is 0 Å². The van der Waals surface area contributed by atoms with E-state index in [-0.39, 0.29) is 5.91 Å². The van der Waals surface area contributed by atoms with Gasteiger partial charge in [0, 0.05) is 16.3 Å². The van der Waals surface area contributed by atoms with Gasteiger partial charge < -0.3 is 9.88 Å². The van der Waals surface area contributed by atoms with Gasteiger partial charge in [0.25, 0.3) is 0 Å². The molecule has 0 spiro atoms. The number of anilines is 1. The summed E-state index contributed by atoms with van der Waals surface area (Å²) in [6.45, 7) is 1.88. The number of benzene rings is 1. The van der Waals surface area contributed by atoms with Crippen molar-refractivity contribution in [1.82, 2.24) is 14.8 Å². The van der Waals surface area contributed by atoms with Gasteiger partial charge in [0.1, 0.15) is 5.82 Å². The molecule has 7 heteroatoms. The molecular formula is C12H13IN4OS. The number of halogens is 1. The Morgan fingerprint density at radius 2 is 2.05 bits per heavy atom. The minimum absolute atomic E-state index is 0.0492. The van der Waals surface area contributed by atoms with E-state index in [1.165, 1.54) is 11.8 Å². The number of aromatic nitrogens is 3. The Bertz CT molecular complexity index is 582. The summed E-state index contributed by atoms with van der Waals surface area (Å²) in [6.07, 6.45) is 0. The first-order chi connectivity index (χ1) is 9.06. The maximum atomic E-state index is 11.8. The minimum atomic E-state index is -0.0492. The molecule has 1 N–H and O–H groups in total. The third-order valence-corrected chi connectivity index (χ3v) is 4.25. The number of carbonyl (C=O) groups is 1. The third-order valence-electron chi connectivity index (χ3n) is 2.51. The van der Waals surface area contributed by atoms with Gasteiger partial charge in [0.2, 0.25) is 5.91 Å². The lowest BCUT2D eigenvalue weighted by Crippen LogP contribution is -2.14. The maximum absolute atomic E-state index is 11.8. The minimum Gasteiger partial charge on any atom is -0.325 e. The predicted molar refractivity (Wildman–Crippen MR) is 84.3 cm³/mol. The van der Waals surface area contributed by atoms with E-state index in [9.17, 15) is 4.79 Å². The Morgan fingerprint density at radius 3 is 2.63 bits per heavy atom. The molecule has 0 aliphatic carbocycles. The first kappa shape index (κ1) is 14.3. The van der Waals surface area contributed by atoms with E-state index in [1.807, 2.05) is 42.8 Å². The zero-order valence-corrected chi connectivity index (χ0v) is 13.5. The Kier molecular flexibility index (Phi) is 4.81. The van der Waals surface area contributed by atoms with Gasteiger partial charge in [-0.05, 0) is 53.8 Å². The topological polar surface area (TPSA) is 59.8 Å². The Hall–Kier alpha value is -1.09. The van der Waals surface area contributed by atoms with Crippen molar-refractivity contribution in [2.75, 3.05) is 11.1 Å². The standard InChI is InChI=1S/C12H13IN4OS/c1-8-15-16-12(17(8)2)19-7-11(18)14-10-5-3-9(13)4-6-10/h3-6H,7H2,1-2H3,(H,14,18). The average Bonchev–Trinajstić information content (AvgIpc) is 2.70. The number of thioether (sulfide) groups is 1. The van der Waals surface area contributed by atoms with E-state index in [0.717, 1.165) is 20.2 Å². The predicted octanol–water partition coefficient (Wildman–Crippen LogP) is 2.46. The second-order valence-corrected chi connectivity index (χ2v) is 6.12. The molecule has 0 saturated heterocycles. The molecule has 0 fully saturated rings. The summed E-state index contributed by atoms with van der Waals surface area (Å²) in [7, 11) is 1.88. The van der Waals surface area contributed by atoms with Crippen LogP contribution in [-0.4, -0.2) is 26.4 Å². The number of hydrogen-bond acceptors (Lipinski definition) is 4. The van der Waals surface area contributed by atoms with Crippen molar-refractivity contribution < 1.29 is 4.79 Å². The van der Waals surface area contributed by atoms with Crippen molar-refractivity contribution in [1.29, 1.82) is 0 Å². The highest BCUT2D eigenvalue weighted by Gasteiger charge is 2.09. The first-order valence-electron chi connectivity index (χ1n) is 5.60. The fourth-order valence-electron chi connectivity index (χ4n) is 1.37. The van der Waals surface area contributed by atoms with Crippen LogP contribution in [0.2, 0.25) is 0 Å². The van der Waals surface area contributed by atoms with Crippen molar-refractivity contribution >= 4 is 45.9 Å². The number of amides is 1. The lowest BCUT2D eigenvalue weighted by molar-refractivity contribution is -0.113. The van der Waals surface area contributed by atoms with E-state index >= 15 is 0 Å². The van der Waals surface area contributed by atoms with Gasteiger partial charge in [-0.2, -0.15) is 0 Å². The van der Waals surface area contributed by atoms with Gasteiger partial charge >= 0.3 is 0 Å². The van der Waals surface area contributed by atoms with E-state index in [0.29, 0.717) is 5.75 Å². The Morgan fingerprint density at radius 1 is 1.37 bits per heavy atom. The Labute approximate surface area is 129 Å². The van der Waals surface area contributed by atoms with Crippen LogP contribution in [0.25, 0.3) is 0 Å². The Balaban J connectivity index is 1.88. The van der Waals surface area contributed by atoms with Crippen LogP contribution in [0.15, 0.2) is 29.4 Å².